The Bertz CT molecular complexity index is 1130. The number of halogens is 1. The standard InChI is InChI=1S/C23H24FN5O5/c1-25-20(30)14-34-18-5-3-4-17(12-18)28-22-26-13-19(24)21(29-22)27-16-8-6-15(7-9-16)10-11-33-23(31)32-2/h3-9,12-13H,10-11,14H2,1-2H3,(H,25,30)(H2,26,27,28,29). The summed E-state index contributed by atoms with van der Waals surface area (Å²) in [5.41, 5.74) is 2.15. The minimum absolute atomic E-state index is 0.00806. The number of benzene rings is 2. The maximum Gasteiger partial charge on any atom is 0.507 e. The normalized spacial score (nSPS) is 10.2. The van der Waals surface area contributed by atoms with Crippen molar-refractivity contribution >= 4 is 35.2 Å². The van der Waals surface area contributed by atoms with Gasteiger partial charge in [0.15, 0.2) is 18.2 Å². The fourth-order valence-electron chi connectivity index (χ4n) is 2.73. The smallest absolute Gasteiger partial charge is 0.484 e. The van der Waals surface area contributed by atoms with Crippen LogP contribution >= 0.6 is 0 Å². The topological polar surface area (TPSA) is 124 Å². The van der Waals surface area contributed by atoms with Crippen LogP contribution in [-0.2, 0) is 20.7 Å². The molecule has 178 valence electrons. The van der Waals surface area contributed by atoms with E-state index in [2.05, 4.69) is 30.7 Å². The van der Waals surface area contributed by atoms with E-state index in [9.17, 15) is 14.0 Å². The predicted molar refractivity (Wildman–Crippen MR) is 123 cm³/mol. The van der Waals surface area contributed by atoms with Crippen LogP contribution in [0.5, 0.6) is 5.75 Å². The number of carbonyl (C=O) groups is 2. The van der Waals surface area contributed by atoms with E-state index in [4.69, 9.17) is 9.47 Å². The van der Waals surface area contributed by atoms with E-state index < -0.39 is 12.0 Å². The second kappa shape index (κ2) is 12.0. The molecular weight excluding hydrogens is 445 g/mol. The highest BCUT2D eigenvalue weighted by molar-refractivity contribution is 5.77. The van der Waals surface area contributed by atoms with E-state index in [1.54, 1.807) is 36.4 Å². The lowest BCUT2D eigenvalue weighted by Gasteiger charge is -2.11. The van der Waals surface area contributed by atoms with E-state index >= 15 is 0 Å². The van der Waals surface area contributed by atoms with E-state index in [0.29, 0.717) is 23.5 Å². The minimum Gasteiger partial charge on any atom is -0.484 e. The summed E-state index contributed by atoms with van der Waals surface area (Å²) in [5, 5.41) is 8.38. The van der Waals surface area contributed by atoms with Gasteiger partial charge in [0, 0.05) is 30.9 Å². The first-order valence-electron chi connectivity index (χ1n) is 10.3. The summed E-state index contributed by atoms with van der Waals surface area (Å²) in [6, 6.07) is 14.0. The highest BCUT2D eigenvalue weighted by Crippen LogP contribution is 2.23. The number of methoxy groups -OCH3 is 1. The summed E-state index contributed by atoms with van der Waals surface area (Å²) in [6.07, 6.45) is 0.837. The quantitative estimate of drug-likeness (QED) is 0.382. The molecule has 0 aliphatic rings. The molecule has 3 aromatic rings. The highest BCUT2D eigenvalue weighted by Gasteiger charge is 2.09. The van der Waals surface area contributed by atoms with E-state index in [1.165, 1.54) is 14.2 Å². The Balaban J connectivity index is 1.62. The van der Waals surface area contributed by atoms with E-state index in [1.807, 2.05) is 12.1 Å². The zero-order chi connectivity index (χ0) is 24.3. The summed E-state index contributed by atoms with van der Waals surface area (Å²) >= 11 is 0. The van der Waals surface area contributed by atoms with Gasteiger partial charge in [-0.1, -0.05) is 18.2 Å². The third kappa shape index (κ3) is 7.33. The summed E-state index contributed by atoms with van der Waals surface area (Å²) < 4.78 is 29.0. The Morgan fingerprint density at radius 2 is 1.85 bits per heavy atom. The molecule has 3 N–H and O–H groups in total. The van der Waals surface area contributed by atoms with Crippen molar-refractivity contribution in [3.05, 3.63) is 66.1 Å². The Kier molecular flexibility index (Phi) is 8.55. The van der Waals surface area contributed by atoms with Gasteiger partial charge in [-0.05, 0) is 29.8 Å². The Hall–Kier alpha value is -4.41. The van der Waals surface area contributed by atoms with Gasteiger partial charge in [-0.2, -0.15) is 4.98 Å². The predicted octanol–water partition coefficient (Wildman–Crippen LogP) is 3.55. The molecule has 0 spiro atoms. The second-order valence-corrected chi connectivity index (χ2v) is 6.88. The van der Waals surface area contributed by atoms with Crippen LogP contribution in [0.2, 0.25) is 0 Å². The number of likely N-dealkylation sites (N-methyl/N-ethyl adjacent to an activating group) is 1. The molecule has 0 saturated carbocycles. The van der Waals surface area contributed by atoms with Crippen LogP contribution in [0.25, 0.3) is 0 Å². The molecule has 0 saturated heterocycles. The fourth-order valence-corrected chi connectivity index (χ4v) is 2.73. The number of carbonyl (C=O) groups excluding carboxylic acids is 2. The monoisotopic (exact) mass is 469 g/mol. The van der Waals surface area contributed by atoms with Crippen molar-refractivity contribution in [3.63, 3.8) is 0 Å². The molecule has 1 heterocycles. The highest BCUT2D eigenvalue weighted by atomic mass is 19.1. The number of nitrogens with one attached hydrogen (secondary N) is 3. The molecule has 0 unspecified atom stereocenters. The Labute approximate surface area is 195 Å². The maximum absolute atomic E-state index is 14.3. The van der Waals surface area contributed by atoms with Crippen molar-refractivity contribution in [1.82, 2.24) is 15.3 Å². The summed E-state index contributed by atoms with van der Waals surface area (Å²) in [5.74, 6) is -0.233. The molecule has 0 atom stereocenters. The van der Waals surface area contributed by atoms with Crippen molar-refractivity contribution in [1.29, 1.82) is 0 Å². The van der Waals surface area contributed by atoms with Crippen LogP contribution in [0.3, 0.4) is 0 Å². The van der Waals surface area contributed by atoms with Crippen LogP contribution in [0.1, 0.15) is 5.56 Å². The van der Waals surface area contributed by atoms with Gasteiger partial charge in [0.05, 0.1) is 19.9 Å². The zero-order valence-electron chi connectivity index (χ0n) is 18.6. The average Bonchev–Trinajstić information content (AvgIpc) is 2.85. The molecule has 0 bridgehead atoms. The third-order valence-electron chi connectivity index (χ3n) is 4.48. The van der Waals surface area contributed by atoms with Crippen LogP contribution < -0.4 is 20.7 Å². The molecule has 2 aromatic carbocycles. The number of ether oxygens (including phenoxy) is 3. The maximum atomic E-state index is 14.3. The number of aromatic nitrogens is 2. The third-order valence-corrected chi connectivity index (χ3v) is 4.48. The number of nitrogens with zero attached hydrogens (tertiary/aromatic N) is 2. The molecule has 0 aliphatic heterocycles. The summed E-state index contributed by atoms with van der Waals surface area (Å²) in [6.45, 7) is 0.0746. The number of hydrogen-bond acceptors (Lipinski definition) is 9. The molecule has 0 fully saturated rings. The zero-order valence-corrected chi connectivity index (χ0v) is 18.6. The Morgan fingerprint density at radius 3 is 2.59 bits per heavy atom. The average molecular weight is 469 g/mol. The van der Waals surface area contributed by atoms with Crippen LogP contribution in [0, 0.1) is 5.82 Å². The van der Waals surface area contributed by atoms with E-state index in [0.717, 1.165) is 11.8 Å². The van der Waals surface area contributed by atoms with Crippen molar-refractivity contribution < 1.29 is 28.2 Å². The largest absolute Gasteiger partial charge is 0.507 e. The lowest BCUT2D eigenvalue weighted by atomic mass is 10.1. The van der Waals surface area contributed by atoms with Crippen molar-refractivity contribution in [2.75, 3.05) is 38.0 Å². The van der Waals surface area contributed by atoms with Gasteiger partial charge in [0.1, 0.15) is 5.75 Å². The molecule has 34 heavy (non-hydrogen) atoms. The first-order valence-corrected chi connectivity index (χ1v) is 10.3. The van der Waals surface area contributed by atoms with Crippen molar-refractivity contribution in [2.45, 2.75) is 6.42 Å². The molecule has 3 rings (SSSR count). The SMILES string of the molecule is CNC(=O)COc1cccc(Nc2ncc(F)c(Nc3ccc(CCOC(=O)OC)cc3)n2)c1. The minimum atomic E-state index is -0.731. The molecule has 0 radical (unpaired) electrons. The van der Waals surface area contributed by atoms with Crippen molar-refractivity contribution in [3.8, 4) is 5.75 Å². The number of anilines is 4. The Morgan fingerprint density at radius 1 is 1.06 bits per heavy atom. The van der Waals surface area contributed by atoms with Crippen molar-refractivity contribution in [2.24, 2.45) is 0 Å². The molecule has 10 nitrogen and oxygen atoms in total. The molecular formula is C23H24FN5O5. The van der Waals surface area contributed by atoms with Gasteiger partial charge < -0.3 is 30.2 Å². The fraction of sp³-hybridized carbons (Fsp3) is 0.217. The van der Waals surface area contributed by atoms with Gasteiger partial charge in [-0.15, -0.1) is 0 Å². The number of rotatable bonds is 10. The lowest BCUT2D eigenvalue weighted by Crippen LogP contribution is -2.24. The van der Waals surface area contributed by atoms with Gasteiger partial charge >= 0.3 is 6.16 Å². The molecule has 1 amide bonds. The van der Waals surface area contributed by atoms with Crippen LogP contribution in [-0.4, -0.2) is 49.4 Å². The van der Waals surface area contributed by atoms with Crippen LogP contribution in [0.15, 0.2) is 54.7 Å². The summed E-state index contributed by atoms with van der Waals surface area (Å²) in [4.78, 5) is 30.5. The number of amides is 1. The van der Waals surface area contributed by atoms with E-state index in [-0.39, 0.29) is 30.9 Å². The lowest BCUT2D eigenvalue weighted by molar-refractivity contribution is -0.122. The first kappa shape index (κ1) is 24.2. The van der Waals surface area contributed by atoms with Gasteiger partial charge in [0.2, 0.25) is 5.95 Å². The second-order valence-electron chi connectivity index (χ2n) is 6.88. The first-order chi connectivity index (χ1) is 16.5. The summed E-state index contributed by atoms with van der Waals surface area (Å²) in [7, 11) is 2.77. The molecule has 1 aromatic heterocycles. The van der Waals surface area contributed by atoms with Gasteiger partial charge in [-0.25, -0.2) is 14.2 Å². The van der Waals surface area contributed by atoms with Gasteiger partial charge in [-0.3, -0.25) is 4.79 Å². The van der Waals surface area contributed by atoms with Crippen LogP contribution in [0.4, 0.5) is 32.3 Å². The molecule has 11 heteroatoms. The molecule has 0 aliphatic carbocycles. The van der Waals surface area contributed by atoms with Gasteiger partial charge in [0.25, 0.3) is 5.91 Å². The number of hydrogen-bond donors (Lipinski definition) is 3.